The minimum Gasteiger partial charge on any atom is -0.376 e. The van der Waals surface area contributed by atoms with E-state index in [1.54, 1.807) is 0 Å². The smallest absolute Gasteiger partial charge is 0.248 e. The predicted octanol–water partition coefficient (Wildman–Crippen LogP) is 4.25. The van der Waals surface area contributed by atoms with Crippen LogP contribution >= 0.6 is 15.9 Å². The summed E-state index contributed by atoms with van der Waals surface area (Å²) >= 11 is 3.39. The van der Waals surface area contributed by atoms with Crippen molar-refractivity contribution >= 4 is 27.5 Å². The van der Waals surface area contributed by atoms with Gasteiger partial charge in [-0.25, -0.2) is 4.39 Å². The maximum absolute atomic E-state index is 13.9. The van der Waals surface area contributed by atoms with Gasteiger partial charge in [0.05, 0.1) is 11.7 Å². The quantitative estimate of drug-likeness (QED) is 0.846. The van der Waals surface area contributed by atoms with Crippen LogP contribution in [0, 0.1) is 5.82 Å². The fourth-order valence-corrected chi connectivity index (χ4v) is 2.36. The Morgan fingerprint density at radius 3 is 2.52 bits per heavy atom. The number of halogens is 2. The summed E-state index contributed by atoms with van der Waals surface area (Å²) in [6.07, 6.45) is 0.780. The lowest BCUT2D eigenvalue weighted by atomic mass is 10.0. The number of hydrogen-bond acceptors (Lipinski definition) is 2. The zero-order valence-corrected chi connectivity index (χ0v) is 13.2. The van der Waals surface area contributed by atoms with Gasteiger partial charge in [0, 0.05) is 10.0 Å². The van der Waals surface area contributed by atoms with Gasteiger partial charge in [-0.2, -0.15) is 0 Å². The van der Waals surface area contributed by atoms with Crippen LogP contribution < -0.4 is 11.1 Å². The highest BCUT2D eigenvalue weighted by Gasteiger charge is 2.13. The van der Waals surface area contributed by atoms with Crippen LogP contribution in [0.25, 0.3) is 0 Å². The fraction of sp³-hybridized carbons (Fsp3) is 0.188. The van der Waals surface area contributed by atoms with Crippen molar-refractivity contribution in [2.75, 3.05) is 5.32 Å². The molecule has 1 atom stereocenters. The van der Waals surface area contributed by atoms with Gasteiger partial charge in [0.1, 0.15) is 5.82 Å². The SMILES string of the molecule is CCC(Nc1cc(C(N)=O)ccc1F)c1ccc(Br)cc1. The number of benzene rings is 2. The molecule has 0 aliphatic rings. The molecule has 0 spiro atoms. The van der Waals surface area contributed by atoms with E-state index in [9.17, 15) is 9.18 Å². The Kier molecular flexibility index (Phi) is 4.96. The van der Waals surface area contributed by atoms with Crippen LogP contribution in [0.4, 0.5) is 10.1 Å². The van der Waals surface area contributed by atoms with Crippen LogP contribution in [0.5, 0.6) is 0 Å². The first-order valence-corrected chi connectivity index (χ1v) is 7.42. The van der Waals surface area contributed by atoms with Gasteiger partial charge in [0.25, 0.3) is 0 Å². The molecule has 3 N–H and O–H groups in total. The number of carbonyl (C=O) groups excluding carboxylic acids is 1. The molecule has 0 radical (unpaired) electrons. The summed E-state index contributed by atoms with van der Waals surface area (Å²) in [6.45, 7) is 2.01. The summed E-state index contributed by atoms with van der Waals surface area (Å²) in [6, 6.07) is 11.9. The average molecular weight is 351 g/mol. The Hall–Kier alpha value is -1.88. The normalized spacial score (nSPS) is 12.0. The number of rotatable bonds is 5. The third kappa shape index (κ3) is 3.82. The highest BCUT2D eigenvalue weighted by molar-refractivity contribution is 9.10. The van der Waals surface area contributed by atoms with Crippen molar-refractivity contribution in [3.05, 3.63) is 63.9 Å². The van der Waals surface area contributed by atoms with Crippen molar-refractivity contribution in [1.82, 2.24) is 0 Å². The number of anilines is 1. The Morgan fingerprint density at radius 2 is 1.95 bits per heavy atom. The highest BCUT2D eigenvalue weighted by Crippen LogP contribution is 2.26. The first-order valence-electron chi connectivity index (χ1n) is 6.62. The largest absolute Gasteiger partial charge is 0.376 e. The minimum absolute atomic E-state index is 0.0456. The molecule has 0 heterocycles. The van der Waals surface area contributed by atoms with E-state index >= 15 is 0 Å². The molecule has 1 unspecified atom stereocenters. The van der Waals surface area contributed by atoms with Crippen LogP contribution in [0.1, 0.15) is 35.3 Å². The van der Waals surface area contributed by atoms with E-state index in [0.717, 1.165) is 16.5 Å². The fourth-order valence-electron chi connectivity index (χ4n) is 2.09. The molecule has 0 saturated heterocycles. The summed E-state index contributed by atoms with van der Waals surface area (Å²) in [5.41, 5.74) is 6.84. The second-order valence-electron chi connectivity index (χ2n) is 4.72. The van der Waals surface area contributed by atoms with Crippen LogP contribution in [0.3, 0.4) is 0 Å². The first kappa shape index (κ1) is 15.5. The molecule has 3 nitrogen and oxygen atoms in total. The Balaban J connectivity index is 2.28. The minimum atomic E-state index is -0.574. The van der Waals surface area contributed by atoms with Crippen LogP contribution in [-0.4, -0.2) is 5.91 Å². The molecule has 2 rings (SSSR count). The average Bonchev–Trinajstić information content (AvgIpc) is 2.47. The van der Waals surface area contributed by atoms with Crippen molar-refractivity contribution in [3.63, 3.8) is 0 Å². The van der Waals surface area contributed by atoms with Crippen molar-refractivity contribution < 1.29 is 9.18 Å². The monoisotopic (exact) mass is 350 g/mol. The summed E-state index contributed by atoms with van der Waals surface area (Å²) in [7, 11) is 0. The number of nitrogens with one attached hydrogen (secondary N) is 1. The molecule has 110 valence electrons. The van der Waals surface area contributed by atoms with E-state index in [-0.39, 0.29) is 17.3 Å². The van der Waals surface area contributed by atoms with E-state index in [4.69, 9.17) is 5.73 Å². The number of nitrogens with two attached hydrogens (primary N) is 1. The van der Waals surface area contributed by atoms with Crippen LogP contribution in [0.2, 0.25) is 0 Å². The standard InChI is InChI=1S/C16H16BrFN2O/c1-2-14(10-3-6-12(17)7-4-10)20-15-9-11(16(19)21)5-8-13(15)18/h3-9,14,20H,2H2,1H3,(H2,19,21). The Bertz CT molecular complexity index is 643. The second-order valence-corrected chi connectivity index (χ2v) is 5.63. The van der Waals surface area contributed by atoms with Gasteiger partial charge in [-0.1, -0.05) is 35.0 Å². The van der Waals surface area contributed by atoms with Gasteiger partial charge >= 0.3 is 0 Å². The molecule has 2 aromatic carbocycles. The predicted molar refractivity (Wildman–Crippen MR) is 85.7 cm³/mol. The van der Waals surface area contributed by atoms with Crippen molar-refractivity contribution in [2.45, 2.75) is 19.4 Å². The molecule has 0 aliphatic heterocycles. The summed E-state index contributed by atoms with van der Waals surface area (Å²) in [5, 5.41) is 3.13. The van der Waals surface area contributed by atoms with Gasteiger partial charge in [-0.15, -0.1) is 0 Å². The van der Waals surface area contributed by atoms with E-state index < -0.39 is 11.7 Å². The van der Waals surface area contributed by atoms with Crippen molar-refractivity contribution in [1.29, 1.82) is 0 Å². The van der Waals surface area contributed by atoms with Gasteiger partial charge in [0.2, 0.25) is 5.91 Å². The lowest BCUT2D eigenvalue weighted by Gasteiger charge is -2.19. The van der Waals surface area contributed by atoms with E-state index in [0.29, 0.717) is 0 Å². The van der Waals surface area contributed by atoms with Gasteiger partial charge < -0.3 is 11.1 Å². The number of hydrogen-bond donors (Lipinski definition) is 2. The van der Waals surface area contributed by atoms with Crippen molar-refractivity contribution in [3.8, 4) is 0 Å². The molecule has 0 fully saturated rings. The third-order valence-electron chi connectivity index (χ3n) is 3.26. The topological polar surface area (TPSA) is 55.1 Å². The van der Waals surface area contributed by atoms with Crippen LogP contribution in [-0.2, 0) is 0 Å². The first-order chi connectivity index (χ1) is 10.0. The lowest BCUT2D eigenvalue weighted by Crippen LogP contribution is -2.14. The van der Waals surface area contributed by atoms with Crippen molar-refractivity contribution in [2.24, 2.45) is 5.73 Å². The molecular formula is C16H16BrFN2O. The van der Waals surface area contributed by atoms with E-state index in [1.807, 2.05) is 31.2 Å². The summed E-state index contributed by atoms with van der Waals surface area (Å²) < 4.78 is 14.9. The number of carbonyl (C=O) groups is 1. The molecule has 0 bridgehead atoms. The molecule has 0 aliphatic carbocycles. The highest BCUT2D eigenvalue weighted by atomic mass is 79.9. The zero-order chi connectivity index (χ0) is 15.4. The lowest BCUT2D eigenvalue weighted by molar-refractivity contribution is 0.100. The van der Waals surface area contributed by atoms with E-state index in [1.165, 1.54) is 18.2 Å². The third-order valence-corrected chi connectivity index (χ3v) is 3.79. The zero-order valence-electron chi connectivity index (χ0n) is 11.6. The molecule has 5 heteroatoms. The maximum Gasteiger partial charge on any atom is 0.248 e. The number of primary amides is 1. The second kappa shape index (κ2) is 6.72. The van der Waals surface area contributed by atoms with Gasteiger partial charge in [0.15, 0.2) is 0 Å². The summed E-state index contributed by atoms with van der Waals surface area (Å²) in [4.78, 5) is 11.2. The molecule has 0 aromatic heterocycles. The Labute approximate surface area is 131 Å². The van der Waals surface area contributed by atoms with Gasteiger partial charge in [-0.05, 0) is 42.3 Å². The van der Waals surface area contributed by atoms with Crippen LogP contribution in [0.15, 0.2) is 46.9 Å². The Morgan fingerprint density at radius 1 is 1.29 bits per heavy atom. The molecule has 21 heavy (non-hydrogen) atoms. The molecule has 2 aromatic rings. The maximum atomic E-state index is 13.9. The molecular weight excluding hydrogens is 335 g/mol. The van der Waals surface area contributed by atoms with Gasteiger partial charge in [-0.3, -0.25) is 4.79 Å². The summed E-state index contributed by atoms with van der Waals surface area (Å²) in [5.74, 6) is -0.981. The molecule has 0 saturated carbocycles. The van der Waals surface area contributed by atoms with E-state index in [2.05, 4.69) is 21.2 Å². The molecule has 1 amide bonds. The number of amides is 1.